The Balaban J connectivity index is 1.24. The van der Waals surface area contributed by atoms with Gasteiger partial charge in [0.25, 0.3) is 11.8 Å². The van der Waals surface area contributed by atoms with Crippen molar-refractivity contribution in [2.24, 2.45) is 23.2 Å². The first-order valence-corrected chi connectivity index (χ1v) is 14.5. The van der Waals surface area contributed by atoms with Gasteiger partial charge < -0.3 is 14.9 Å². The normalized spacial score (nSPS) is 25.5. The number of piperidine rings is 1. The van der Waals surface area contributed by atoms with E-state index < -0.39 is 29.1 Å². The summed E-state index contributed by atoms with van der Waals surface area (Å²) in [6, 6.07) is 5.66. The lowest BCUT2D eigenvalue weighted by Crippen LogP contribution is -2.59. The molecule has 1 unspecified atom stereocenters. The molecule has 1 amide bonds. The maximum absolute atomic E-state index is 15.2. The lowest BCUT2D eigenvalue weighted by atomic mass is 9.70. The van der Waals surface area contributed by atoms with Crippen LogP contribution in [0.4, 0.5) is 14.5 Å². The van der Waals surface area contributed by atoms with Crippen LogP contribution in [0.25, 0.3) is 0 Å². The Bertz CT molecular complexity index is 1030. The number of nitrogens with zero attached hydrogens (tertiary/aromatic N) is 2. The van der Waals surface area contributed by atoms with Gasteiger partial charge in [-0.2, -0.15) is 0 Å². The number of carbonyl (C=O) groups excluding carboxylic acids is 2. The fraction of sp³-hybridized carbons (Fsp3) is 0.733. The highest BCUT2D eigenvalue weighted by atomic mass is 35.5. The van der Waals surface area contributed by atoms with Gasteiger partial charge in [-0.1, -0.05) is 31.4 Å². The van der Waals surface area contributed by atoms with Crippen molar-refractivity contribution >= 4 is 29.0 Å². The second kappa shape index (κ2) is 11.0. The quantitative estimate of drug-likeness (QED) is 0.375. The van der Waals surface area contributed by atoms with Crippen LogP contribution in [0.5, 0.6) is 0 Å². The number of hydrogen-bond acceptors (Lipinski definition) is 4. The molecule has 0 spiro atoms. The number of benzene rings is 1. The molecule has 3 fully saturated rings. The number of halogens is 3. The highest BCUT2D eigenvalue weighted by Crippen LogP contribution is 2.60. The molecule has 1 atom stereocenters. The van der Waals surface area contributed by atoms with Gasteiger partial charge in [0, 0.05) is 44.7 Å². The van der Waals surface area contributed by atoms with E-state index in [0.29, 0.717) is 41.7 Å². The minimum Gasteiger partial charge on any atom is -0.376 e. The highest BCUT2D eigenvalue weighted by Gasteiger charge is 2.69. The van der Waals surface area contributed by atoms with Crippen molar-refractivity contribution in [2.75, 3.05) is 32.1 Å². The van der Waals surface area contributed by atoms with E-state index in [0.717, 1.165) is 64.2 Å². The standard InChI is InChI=1S/C30H43ClF2N2O3/c1-20(36)30(38,28(2)15-16-28)29(32,33)14-11-21-5-7-22(8-6-21)23-12-17-35(18-13-23)24-9-10-25(26(31)19-24)27(37)34(3)4/h9-10,19,21-23,38H,5-8,11-18H2,1-4H3. The van der Waals surface area contributed by atoms with Gasteiger partial charge >= 0.3 is 0 Å². The molecule has 1 heterocycles. The van der Waals surface area contributed by atoms with Crippen molar-refractivity contribution in [1.29, 1.82) is 0 Å². The number of aliphatic hydroxyl groups is 1. The predicted molar refractivity (Wildman–Crippen MR) is 147 cm³/mol. The van der Waals surface area contributed by atoms with Crippen LogP contribution in [0.2, 0.25) is 5.02 Å². The summed E-state index contributed by atoms with van der Waals surface area (Å²) in [6.45, 7) is 4.59. The number of amides is 1. The van der Waals surface area contributed by atoms with E-state index in [1.165, 1.54) is 4.90 Å². The third-order valence-electron chi connectivity index (χ3n) is 9.83. The average Bonchev–Trinajstić information content (AvgIpc) is 3.65. The number of ketones is 1. The second-order valence-electron chi connectivity index (χ2n) is 12.5. The van der Waals surface area contributed by atoms with Crippen LogP contribution in [0.15, 0.2) is 18.2 Å². The summed E-state index contributed by atoms with van der Waals surface area (Å²) in [6.07, 6.45) is 7.05. The summed E-state index contributed by atoms with van der Waals surface area (Å²) in [5, 5.41) is 11.3. The molecule has 38 heavy (non-hydrogen) atoms. The number of rotatable bonds is 9. The van der Waals surface area contributed by atoms with Crippen molar-refractivity contribution in [3.63, 3.8) is 0 Å². The van der Waals surface area contributed by atoms with Crippen LogP contribution < -0.4 is 4.90 Å². The highest BCUT2D eigenvalue weighted by molar-refractivity contribution is 6.34. The van der Waals surface area contributed by atoms with Gasteiger partial charge in [-0.05, 0) is 87.8 Å². The van der Waals surface area contributed by atoms with Crippen molar-refractivity contribution < 1.29 is 23.5 Å². The van der Waals surface area contributed by atoms with Crippen LogP contribution in [0.1, 0.15) is 88.4 Å². The zero-order chi connectivity index (χ0) is 27.9. The van der Waals surface area contributed by atoms with Gasteiger partial charge in [0.15, 0.2) is 11.4 Å². The Hall–Kier alpha value is -1.73. The molecule has 8 heteroatoms. The first-order chi connectivity index (χ1) is 17.8. The average molecular weight is 553 g/mol. The molecule has 1 aromatic rings. The molecular formula is C30H43ClF2N2O3. The Kier molecular flexibility index (Phi) is 8.50. The largest absolute Gasteiger partial charge is 0.376 e. The molecule has 3 aliphatic rings. The molecule has 5 nitrogen and oxygen atoms in total. The molecule has 1 saturated heterocycles. The zero-order valence-electron chi connectivity index (χ0n) is 23.2. The number of Topliss-reactive ketones (excluding diaryl/α,β-unsaturated/α-hetero) is 1. The summed E-state index contributed by atoms with van der Waals surface area (Å²) < 4.78 is 30.4. The van der Waals surface area contributed by atoms with Crippen LogP contribution in [-0.4, -0.2) is 60.4 Å². The van der Waals surface area contributed by atoms with Crippen LogP contribution >= 0.6 is 11.6 Å². The van der Waals surface area contributed by atoms with Gasteiger partial charge in [-0.25, -0.2) is 8.78 Å². The fourth-order valence-corrected chi connectivity index (χ4v) is 7.19. The maximum Gasteiger partial charge on any atom is 0.283 e. The summed E-state index contributed by atoms with van der Waals surface area (Å²) in [5.74, 6) is -2.82. The van der Waals surface area contributed by atoms with Gasteiger partial charge in [0.05, 0.1) is 10.6 Å². The number of anilines is 1. The first kappa shape index (κ1) is 29.3. The van der Waals surface area contributed by atoms with Crippen molar-refractivity contribution in [1.82, 2.24) is 4.90 Å². The topological polar surface area (TPSA) is 60.9 Å². The third-order valence-corrected chi connectivity index (χ3v) is 10.1. The summed E-state index contributed by atoms with van der Waals surface area (Å²) in [7, 11) is 3.42. The van der Waals surface area contributed by atoms with E-state index in [2.05, 4.69) is 4.90 Å². The van der Waals surface area contributed by atoms with Crippen molar-refractivity contribution in [3.8, 4) is 0 Å². The van der Waals surface area contributed by atoms with E-state index in [9.17, 15) is 14.7 Å². The Morgan fingerprint density at radius 1 is 1.08 bits per heavy atom. The molecule has 1 aromatic carbocycles. The number of alkyl halides is 2. The molecule has 0 bridgehead atoms. The van der Waals surface area contributed by atoms with Gasteiger partial charge in [0.1, 0.15) is 0 Å². The summed E-state index contributed by atoms with van der Waals surface area (Å²) >= 11 is 6.42. The molecule has 0 radical (unpaired) electrons. The molecule has 2 saturated carbocycles. The predicted octanol–water partition coefficient (Wildman–Crippen LogP) is 6.60. The SMILES string of the molecule is CC(=O)C(O)(C(F)(F)CCC1CCC(C2CCN(c3ccc(C(=O)N(C)C)c(Cl)c3)CC2)CC1)C1(C)CC1. The van der Waals surface area contributed by atoms with Gasteiger partial charge in [-0.15, -0.1) is 0 Å². The molecule has 1 N–H and O–H groups in total. The number of carbonyl (C=O) groups is 2. The molecular weight excluding hydrogens is 510 g/mol. The fourth-order valence-electron chi connectivity index (χ4n) is 6.93. The minimum absolute atomic E-state index is 0.105. The second-order valence-corrected chi connectivity index (χ2v) is 12.9. The molecule has 212 valence electrons. The van der Waals surface area contributed by atoms with Crippen LogP contribution in [0, 0.1) is 23.2 Å². The Labute approximate surface area is 230 Å². The number of hydrogen-bond donors (Lipinski definition) is 1. The Morgan fingerprint density at radius 3 is 2.16 bits per heavy atom. The maximum atomic E-state index is 15.2. The molecule has 0 aromatic heterocycles. The first-order valence-electron chi connectivity index (χ1n) is 14.2. The van der Waals surface area contributed by atoms with E-state index in [-0.39, 0.29) is 11.8 Å². The zero-order valence-corrected chi connectivity index (χ0v) is 24.0. The van der Waals surface area contributed by atoms with Gasteiger partial charge in [0.2, 0.25) is 0 Å². The summed E-state index contributed by atoms with van der Waals surface area (Å²) in [5.41, 5.74) is -1.99. The third kappa shape index (κ3) is 5.60. The smallest absolute Gasteiger partial charge is 0.283 e. The lowest BCUT2D eigenvalue weighted by molar-refractivity contribution is -0.213. The van der Waals surface area contributed by atoms with E-state index >= 15 is 8.78 Å². The minimum atomic E-state index is -3.39. The summed E-state index contributed by atoms with van der Waals surface area (Å²) in [4.78, 5) is 28.2. The molecule has 2 aliphatic carbocycles. The van der Waals surface area contributed by atoms with E-state index in [4.69, 9.17) is 11.6 Å². The lowest BCUT2D eigenvalue weighted by Gasteiger charge is -2.41. The van der Waals surface area contributed by atoms with E-state index in [1.54, 1.807) is 27.1 Å². The van der Waals surface area contributed by atoms with Crippen molar-refractivity contribution in [2.45, 2.75) is 89.6 Å². The van der Waals surface area contributed by atoms with Crippen LogP contribution in [-0.2, 0) is 4.79 Å². The molecule has 4 rings (SSSR count). The monoisotopic (exact) mass is 552 g/mol. The van der Waals surface area contributed by atoms with Crippen molar-refractivity contribution in [3.05, 3.63) is 28.8 Å². The Morgan fingerprint density at radius 2 is 1.66 bits per heavy atom. The van der Waals surface area contributed by atoms with Gasteiger partial charge in [-0.3, -0.25) is 9.59 Å². The van der Waals surface area contributed by atoms with E-state index in [1.807, 2.05) is 12.1 Å². The molecule has 1 aliphatic heterocycles. The van der Waals surface area contributed by atoms with Crippen LogP contribution in [0.3, 0.4) is 0 Å².